The van der Waals surface area contributed by atoms with Gasteiger partial charge in [-0.1, -0.05) is 43.3 Å². The zero-order valence-corrected chi connectivity index (χ0v) is 12.0. The minimum atomic E-state index is 0.470. The van der Waals surface area contributed by atoms with Crippen LogP contribution in [-0.2, 0) is 0 Å². The lowest BCUT2D eigenvalue weighted by molar-refractivity contribution is 0.145. The number of benzene rings is 1. The molecule has 1 N–H and O–H groups in total. The van der Waals surface area contributed by atoms with E-state index in [-0.39, 0.29) is 0 Å². The van der Waals surface area contributed by atoms with Crippen LogP contribution in [0.15, 0.2) is 54.1 Å². The van der Waals surface area contributed by atoms with E-state index in [0.717, 1.165) is 26.1 Å². The first kappa shape index (κ1) is 13.3. The van der Waals surface area contributed by atoms with Crippen LogP contribution in [0.1, 0.15) is 31.4 Å². The number of hydrogen-bond donors (Lipinski definition) is 1. The molecule has 0 bridgehead atoms. The van der Waals surface area contributed by atoms with E-state index in [1.54, 1.807) is 0 Å². The number of allylic oxidation sites excluding steroid dienone is 1. The van der Waals surface area contributed by atoms with Crippen molar-refractivity contribution in [1.82, 2.24) is 9.80 Å². The topological polar surface area (TPSA) is 26.7 Å². The molecule has 1 atom stereocenters. The number of piperazine rings is 1. The highest BCUT2D eigenvalue weighted by Crippen LogP contribution is 2.29. The second kappa shape index (κ2) is 5.71. The summed E-state index contributed by atoms with van der Waals surface area (Å²) < 4.78 is 0. The van der Waals surface area contributed by atoms with Crippen LogP contribution in [-0.4, -0.2) is 34.5 Å². The predicted molar refractivity (Wildman–Crippen MR) is 81.2 cm³/mol. The highest BCUT2D eigenvalue weighted by Gasteiger charge is 2.27. The molecule has 20 heavy (non-hydrogen) atoms. The molecule has 0 aromatic heterocycles. The third kappa shape index (κ3) is 2.59. The van der Waals surface area contributed by atoms with E-state index in [9.17, 15) is 5.11 Å². The molecule has 1 aromatic rings. The maximum atomic E-state index is 9.61. The molecule has 0 radical (unpaired) electrons. The quantitative estimate of drug-likeness (QED) is 0.911. The van der Waals surface area contributed by atoms with Crippen molar-refractivity contribution in [3.8, 4) is 0 Å². The Bertz CT molecular complexity index is 521. The standard InChI is InChI=1S/C17H22N2O/c1-2-17(14-6-4-3-5-7-14)19-11-10-18-13-16(20)9-8-15(18)12-19/h3-8,13,17,20H,2,9-12H2,1H3. The van der Waals surface area contributed by atoms with Gasteiger partial charge in [0.2, 0.25) is 0 Å². The summed E-state index contributed by atoms with van der Waals surface area (Å²) in [6, 6.07) is 11.2. The van der Waals surface area contributed by atoms with E-state index in [4.69, 9.17) is 0 Å². The van der Waals surface area contributed by atoms with E-state index in [2.05, 4.69) is 53.1 Å². The van der Waals surface area contributed by atoms with Crippen LogP contribution >= 0.6 is 0 Å². The highest BCUT2D eigenvalue weighted by atomic mass is 16.3. The molecule has 1 unspecified atom stereocenters. The third-order valence-corrected chi connectivity index (χ3v) is 4.23. The van der Waals surface area contributed by atoms with Crippen LogP contribution in [0.5, 0.6) is 0 Å². The van der Waals surface area contributed by atoms with Crippen LogP contribution in [0.2, 0.25) is 0 Å². The lowest BCUT2D eigenvalue weighted by Gasteiger charge is -2.41. The lowest BCUT2D eigenvalue weighted by Crippen LogP contribution is -2.44. The molecule has 2 aliphatic rings. The van der Waals surface area contributed by atoms with Gasteiger partial charge in [0.25, 0.3) is 0 Å². The molecule has 106 valence electrons. The molecule has 3 rings (SSSR count). The first-order chi connectivity index (χ1) is 9.78. The summed E-state index contributed by atoms with van der Waals surface area (Å²) in [5.74, 6) is 0.470. The Kier molecular flexibility index (Phi) is 3.79. The van der Waals surface area contributed by atoms with Crippen molar-refractivity contribution in [1.29, 1.82) is 0 Å². The smallest absolute Gasteiger partial charge is 0.112 e. The number of aliphatic hydroxyl groups is 1. The van der Waals surface area contributed by atoms with E-state index >= 15 is 0 Å². The minimum absolute atomic E-state index is 0.470. The minimum Gasteiger partial charge on any atom is -0.510 e. The van der Waals surface area contributed by atoms with Crippen molar-refractivity contribution in [3.63, 3.8) is 0 Å². The van der Waals surface area contributed by atoms with Gasteiger partial charge in [0.1, 0.15) is 5.76 Å². The summed E-state index contributed by atoms with van der Waals surface area (Å²) in [5.41, 5.74) is 2.72. The van der Waals surface area contributed by atoms with Gasteiger partial charge in [0.15, 0.2) is 0 Å². The Morgan fingerprint density at radius 1 is 1.20 bits per heavy atom. The molecule has 2 heterocycles. The van der Waals surface area contributed by atoms with Crippen LogP contribution in [0.4, 0.5) is 0 Å². The Morgan fingerprint density at radius 3 is 2.75 bits per heavy atom. The van der Waals surface area contributed by atoms with E-state index in [0.29, 0.717) is 18.2 Å². The number of aliphatic hydroxyl groups excluding tert-OH is 1. The number of hydrogen-bond acceptors (Lipinski definition) is 3. The van der Waals surface area contributed by atoms with Gasteiger partial charge in [0.05, 0.1) is 0 Å². The van der Waals surface area contributed by atoms with Crippen molar-refractivity contribution in [2.45, 2.75) is 25.8 Å². The van der Waals surface area contributed by atoms with Crippen LogP contribution in [0, 0.1) is 0 Å². The Hall–Kier alpha value is -1.74. The molecule has 1 saturated heterocycles. The van der Waals surface area contributed by atoms with Gasteiger partial charge in [0, 0.05) is 44.0 Å². The number of rotatable bonds is 3. The van der Waals surface area contributed by atoms with Gasteiger partial charge < -0.3 is 10.0 Å². The summed E-state index contributed by atoms with van der Waals surface area (Å²) in [6.07, 6.45) is 5.83. The van der Waals surface area contributed by atoms with Gasteiger partial charge in [-0.2, -0.15) is 0 Å². The van der Waals surface area contributed by atoms with Gasteiger partial charge in [-0.15, -0.1) is 0 Å². The average Bonchev–Trinajstić information content (AvgIpc) is 2.49. The SMILES string of the molecule is CCC(c1ccccc1)N1CCN2C=C(O)CC=C2C1. The molecule has 1 fully saturated rings. The maximum Gasteiger partial charge on any atom is 0.112 e. The lowest BCUT2D eigenvalue weighted by atomic mass is 10.0. The molecule has 0 spiro atoms. The first-order valence-electron chi connectivity index (χ1n) is 7.42. The normalized spacial score (nSPS) is 20.9. The maximum absolute atomic E-state index is 9.61. The molecular formula is C17H22N2O. The molecule has 0 aliphatic carbocycles. The van der Waals surface area contributed by atoms with Crippen molar-refractivity contribution >= 4 is 0 Å². The van der Waals surface area contributed by atoms with Crippen molar-refractivity contribution in [2.24, 2.45) is 0 Å². The van der Waals surface area contributed by atoms with E-state index in [1.165, 1.54) is 11.3 Å². The summed E-state index contributed by atoms with van der Waals surface area (Å²) >= 11 is 0. The summed E-state index contributed by atoms with van der Waals surface area (Å²) in [4.78, 5) is 4.74. The van der Waals surface area contributed by atoms with E-state index in [1.807, 2.05) is 6.20 Å². The fourth-order valence-electron chi connectivity index (χ4n) is 3.19. The fourth-order valence-corrected chi connectivity index (χ4v) is 3.19. The predicted octanol–water partition coefficient (Wildman–Crippen LogP) is 3.44. The Labute approximate surface area is 120 Å². The van der Waals surface area contributed by atoms with Gasteiger partial charge in [-0.25, -0.2) is 0 Å². The molecule has 0 saturated carbocycles. The van der Waals surface area contributed by atoms with E-state index < -0.39 is 0 Å². The fraction of sp³-hybridized carbons (Fsp3) is 0.412. The average molecular weight is 270 g/mol. The van der Waals surface area contributed by atoms with Gasteiger partial charge >= 0.3 is 0 Å². The second-order valence-electron chi connectivity index (χ2n) is 5.52. The second-order valence-corrected chi connectivity index (χ2v) is 5.52. The summed E-state index contributed by atoms with van der Waals surface area (Å²) in [6.45, 7) is 5.22. The third-order valence-electron chi connectivity index (χ3n) is 4.23. The van der Waals surface area contributed by atoms with Crippen molar-refractivity contribution < 1.29 is 5.11 Å². The Morgan fingerprint density at radius 2 is 2.00 bits per heavy atom. The number of nitrogens with zero attached hydrogens (tertiary/aromatic N) is 2. The largest absolute Gasteiger partial charge is 0.510 e. The van der Waals surface area contributed by atoms with Crippen molar-refractivity contribution in [2.75, 3.05) is 19.6 Å². The molecular weight excluding hydrogens is 248 g/mol. The van der Waals surface area contributed by atoms with Gasteiger partial charge in [-0.3, -0.25) is 4.90 Å². The molecule has 3 heteroatoms. The molecule has 1 aromatic carbocycles. The molecule has 0 amide bonds. The summed E-state index contributed by atoms with van der Waals surface area (Å²) in [5, 5.41) is 9.61. The zero-order chi connectivity index (χ0) is 13.9. The summed E-state index contributed by atoms with van der Waals surface area (Å²) in [7, 11) is 0. The van der Waals surface area contributed by atoms with Crippen LogP contribution in [0.25, 0.3) is 0 Å². The van der Waals surface area contributed by atoms with Crippen LogP contribution < -0.4 is 0 Å². The molecule has 2 aliphatic heterocycles. The zero-order valence-electron chi connectivity index (χ0n) is 12.0. The molecule has 3 nitrogen and oxygen atoms in total. The Balaban J connectivity index is 1.76. The number of fused-ring (bicyclic) bond motifs is 1. The van der Waals surface area contributed by atoms with Gasteiger partial charge in [-0.05, 0) is 12.0 Å². The highest BCUT2D eigenvalue weighted by molar-refractivity contribution is 5.23. The van der Waals surface area contributed by atoms with Crippen molar-refractivity contribution in [3.05, 3.63) is 59.6 Å². The van der Waals surface area contributed by atoms with Crippen LogP contribution in [0.3, 0.4) is 0 Å². The first-order valence-corrected chi connectivity index (χ1v) is 7.42. The monoisotopic (exact) mass is 270 g/mol.